The molecular weight excluding hydrogens is 238 g/mol. The Morgan fingerprint density at radius 1 is 1.26 bits per heavy atom. The van der Waals surface area contributed by atoms with Crippen molar-refractivity contribution >= 4 is 5.69 Å². The lowest BCUT2D eigenvalue weighted by Crippen LogP contribution is -2.12. The summed E-state index contributed by atoms with van der Waals surface area (Å²) in [4.78, 5) is 0. The van der Waals surface area contributed by atoms with Crippen LogP contribution in [0.3, 0.4) is 0 Å². The van der Waals surface area contributed by atoms with Gasteiger partial charge >= 0.3 is 0 Å². The summed E-state index contributed by atoms with van der Waals surface area (Å²) in [5, 5.41) is 12.0. The number of anilines is 1. The zero-order chi connectivity index (χ0) is 14.0. The van der Waals surface area contributed by atoms with Gasteiger partial charge in [-0.15, -0.1) is 5.10 Å². The van der Waals surface area contributed by atoms with Crippen LogP contribution in [-0.2, 0) is 6.54 Å². The van der Waals surface area contributed by atoms with Gasteiger partial charge < -0.3 is 5.73 Å². The van der Waals surface area contributed by atoms with Crippen LogP contribution < -0.4 is 5.73 Å². The van der Waals surface area contributed by atoms with E-state index < -0.39 is 0 Å². The number of nitrogen functional groups attached to an aromatic ring is 1. The van der Waals surface area contributed by atoms with Gasteiger partial charge in [0.15, 0.2) is 5.82 Å². The van der Waals surface area contributed by atoms with Crippen LogP contribution in [0.25, 0.3) is 11.4 Å². The third-order valence-electron chi connectivity index (χ3n) is 3.06. The Labute approximate surface area is 113 Å². The molecule has 0 aliphatic carbocycles. The highest BCUT2D eigenvalue weighted by Crippen LogP contribution is 2.26. The Hall–Kier alpha value is -1.91. The molecule has 5 heteroatoms. The first-order valence-electron chi connectivity index (χ1n) is 6.49. The van der Waals surface area contributed by atoms with E-state index in [0.29, 0.717) is 5.69 Å². The normalized spacial score (nSPS) is 11.8. The fourth-order valence-corrected chi connectivity index (χ4v) is 1.85. The van der Waals surface area contributed by atoms with Crippen LogP contribution >= 0.6 is 0 Å². The number of nitrogens with two attached hydrogens (primary N) is 1. The van der Waals surface area contributed by atoms with Crippen LogP contribution in [0.15, 0.2) is 18.2 Å². The van der Waals surface area contributed by atoms with Crippen molar-refractivity contribution in [3.8, 4) is 11.4 Å². The second-order valence-corrected chi connectivity index (χ2v) is 6.13. The van der Waals surface area contributed by atoms with E-state index in [-0.39, 0.29) is 5.41 Å². The Bertz CT molecular complexity index is 565. The van der Waals surface area contributed by atoms with E-state index in [1.54, 1.807) is 0 Å². The molecule has 0 atom stereocenters. The second-order valence-electron chi connectivity index (χ2n) is 6.13. The number of hydrogen-bond donors (Lipinski definition) is 1. The van der Waals surface area contributed by atoms with E-state index in [1.807, 2.05) is 29.8 Å². The number of benzene rings is 1. The molecule has 0 aliphatic rings. The molecule has 0 radical (unpaired) electrons. The summed E-state index contributed by atoms with van der Waals surface area (Å²) in [6, 6.07) is 5.91. The molecule has 0 saturated carbocycles. The summed E-state index contributed by atoms with van der Waals surface area (Å²) in [6.45, 7) is 9.44. The first-order chi connectivity index (χ1) is 8.87. The molecule has 0 amide bonds. The number of tetrazole rings is 1. The van der Waals surface area contributed by atoms with Gasteiger partial charge in [-0.3, -0.25) is 0 Å². The largest absolute Gasteiger partial charge is 0.398 e. The van der Waals surface area contributed by atoms with E-state index >= 15 is 0 Å². The number of hydrogen-bond acceptors (Lipinski definition) is 4. The maximum atomic E-state index is 6.02. The highest BCUT2D eigenvalue weighted by Gasteiger charge is 2.15. The standard InChI is InChI=1S/C14H21N5/c1-10-5-6-12(15)11(9-10)13-16-17-18-19(13)8-7-14(2,3)4/h5-6,9H,7-8,15H2,1-4H3. The first kappa shape index (κ1) is 13.5. The number of aryl methyl sites for hydroxylation is 2. The van der Waals surface area contributed by atoms with E-state index in [9.17, 15) is 0 Å². The lowest BCUT2D eigenvalue weighted by Gasteiger charge is -2.18. The van der Waals surface area contributed by atoms with Gasteiger partial charge in [-0.25, -0.2) is 4.68 Å². The van der Waals surface area contributed by atoms with E-state index in [0.717, 1.165) is 29.9 Å². The van der Waals surface area contributed by atoms with E-state index in [1.165, 1.54) is 0 Å². The zero-order valence-electron chi connectivity index (χ0n) is 12.0. The first-order valence-corrected chi connectivity index (χ1v) is 6.49. The lowest BCUT2D eigenvalue weighted by atomic mass is 9.92. The van der Waals surface area contributed by atoms with Crippen molar-refractivity contribution < 1.29 is 0 Å². The summed E-state index contributed by atoms with van der Waals surface area (Å²) in [6.07, 6.45) is 1.01. The molecule has 0 saturated heterocycles. The molecule has 19 heavy (non-hydrogen) atoms. The van der Waals surface area contributed by atoms with Gasteiger partial charge in [0.05, 0.1) is 0 Å². The minimum Gasteiger partial charge on any atom is -0.398 e. The third-order valence-corrected chi connectivity index (χ3v) is 3.06. The molecule has 0 unspecified atom stereocenters. The predicted molar refractivity (Wildman–Crippen MR) is 76.5 cm³/mol. The molecule has 5 nitrogen and oxygen atoms in total. The average molecular weight is 259 g/mol. The van der Waals surface area contributed by atoms with Crippen molar-refractivity contribution in [2.75, 3.05) is 5.73 Å². The van der Waals surface area contributed by atoms with Gasteiger partial charge in [-0.2, -0.15) is 0 Å². The second kappa shape index (κ2) is 4.99. The van der Waals surface area contributed by atoms with Crippen LogP contribution in [0.2, 0.25) is 0 Å². The van der Waals surface area contributed by atoms with Crippen molar-refractivity contribution in [2.45, 2.75) is 40.7 Å². The fraction of sp³-hybridized carbons (Fsp3) is 0.500. The van der Waals surface area contributed by atoms with Crippen LogP contribution in [0.1, 0.15) is 32.8 Å². The Morgan fingerprint density at radius 2 is 2.00 bits per heavy atom. The topological polar surface area (TPSA) is 69.6 Å². The van der Waals surface area contributed by atoms with Gasteiger partial charge in [-0.05, 0) is 41.3 Å². The van der Waals surface area contributed by atoms with Crippen molar-refractivity contribution in [1.29, 1.82) is 0 Å². The molecule has 0 spiro atoms. The molecule has 102 valence electrons. The molecule has 0 aliphatic heterocycles. The lowest BCUT2D eigenvalue weighted by molar-refractivity contribution is 0.340. The fourth-order valence-electron chi connectivity index (χ4n) is 1.85. The summed E-state index contributed by atoms with van der Waals surface area (Å²) in [7, 11) is 0. The Balaban J connectivity index is 2.31. The average Bonchev–Trinajstić information content (AvgIpc) is 2.77. The molecule has 1 aromatic heterocycles. The van der Waals surface area contributed by atoms with Gasteiger partial charge in [0, 0.05) is 17.8 Å². The molecular formula is C14H21N5. The summed E-state index contributed by atoms with van der Waals surface area (Å²) < 4.78 is 1.83. The molecule has 0 fully saturated rings. The summed E-state index contributed by atoms with van der Waals surface area (Å²) >= 11 is 0. The van der Waals surface area contributed by atoms with E-state index in [4.69, 9.17) is 5.73 Å². The van der Waals surface area contributed by atoms with Crippen molar-refractivity contribution in [3.05, 3.63) is 23.8 Å². The smallest absolute Gasteiger partial charge is 0.184 e. The maximum absolute atomic E-state index is 6.02. The number of rotatable bonds is 3. The van der Waals surface area contributed by atoms with Crippen molar-refractivity contribution in [3.63, 3.8) is 0 Å². The Morgan fingerprint density at radius 3 is 2.68 bits per heavy atom. The highest BCUT2D eigenvalue weighted by atomic mass is 15.5. The minimum absolute atomic E-state index is 0.251. The highest BCUT2D eigenvalue weighted by molar-refractivity contribution is 5.71. The SMILES string of the molecule is Cc1ccc(N)c(-c2nnnn2CCC(C)(C)C)c1. The third kappa shape index (κ3) is 3.30. The monoisotopic (exact) mass is 259 g/mol. The van der Waals surface area contributed by atoms with Crippen LogP contribution in [-0.4, -0.2) is 20.2 Å². The summed E-state index contributed by atoms with van der Waals surface area (Å²) in [5.41, 5.74) is 9.03. The van der Waals surface area contributed by atoms with E-state index in [2.05, 4.69) is 36.3 Å². The molecule has 0 bridgehead atoms. The van der Waals surface area contributed by atoms with Crippen LogP contribution in [0, 0.1) is 12.3 Å². The quantitative estimate of drug-likeness (QED) is 0.860. The van der Waals surface area contributed by atoms with Gasteiger partial charge in [0.25, 0.3) is 0 Å². The summed E-state index contributed by atoms with van der Waals surface area (Å²) in [5.74, 6) is 0.741. The van der Waals surface area contributed by atoms with Crippen molar-refractivity contribution in [2.24, 2.45) is 5.41 Å². The van der Waals surface area contributed by atoms with Gasteiger partial charge in [0.1, 0.15) is 0 Å². The molecule has 1 aromatic carbocycles. The molecule has 2 aromatic rings. The number of aromatic nitrogens is 4. The maximum Gasteiger partial charge on any atom is 0.184 e. The Kier molecular flexibility index (Phi) is 3.55. The zero-order valence-corrected chi connectivity index (χ0v) is 12.0. The van der Waals surface area contributed by atoms with Gasteiger partial charge in [0.2, 0.25) is 0 Å². The van der Waals surface area contributed by atoms with Crippen LogP contribution in [0.4, 0.5) is 5.69 Å². The molecule has 2 N–H and O–H groups in total. The minimum atomic E-state index is 0.251. The molecule has 1 heterocycles. The van der Waals surface area contributed by atoms with Crippen LogP contribution in [0.5, 0.6) is 0 Å². The predicted octanol–water partition coefficient (Wildman–Crippen LogP) is 2.67. The molecule has 2 rings (SSSR count). The van der Waals surface area contributed by atoms with Gasteiger partial charge in [-0.1, -0.05) is 32.4 Å². The number of nitrogens with zero attached hydrogens (tertiary/aromatic N) is 4. The van der Waals surface area contributed by atoms with Crippen molar-refractivity contribution in [1.82, 2.24) is 20.2 Å².